The number of carboxylic acids is 1. The van der Waals surface area contributed by atoms with Crippen molar-refractivity contribution in [3.63, 3.8) is 0 Å². The van der Waals surface area contributed by atoms with Gasteiger partial charge in [-0.1, -0.05) is 32.3 Å². The Kier molecular flexibility index (Phi) is 4.66. The zero-order valence-corrected chi connectivity index (χ0v) is 8.59. The van der Waals surface area contributed by atoms with Crippen LogP contribution in [0.5, 0.6) is 0 Å². The van der Waals surface area contributed by atoms with E-state index in [2.05, 4.69) is 11.9 Å². The summed E-state index contributed by atoms with van der Waals surface area (Å²) >= 11 is 0. The summed E-state index contributed by atoms with van der Waals surface area (Å²) < 4.78 is 0. The molecule has 1 saturated carbocycles. The average Bonchev–Trinajstić information content (AvgIpc) is 2.42. The maximum absolute atomic E-state index is 10.5. The molecule has 1 rings (SSSR count). The first-order chi connectivity index (χ1) is 6.70. The maximum Gasteiger partial charge on any atom is 0.332 e. The molecule has 1 aliphatic carbocycles. The van der Waals surface area contributed by atoms with E-state index in [1.807, 2.05) is 0 Å². The number of nitrogens with one attached hydrogen (secondary N) is 1. The van der Waals surface area contributed by atoms with E-state index in [0.29, 0.717) is 12.6 Å². The summed E-state index contributed by atoms with van der Waals surface area (Å²) in [6.45, 7) is 3.92. The molecule has 3 nitrogen and oxygen atoms in total. The van der Waals surface area contributed by atoms with Gasteiger partial charge in [-0.05, 0) is 12.8 Å². The van der Waals surface area contributed by atoms with Crippen molar-refractivity contribution in [1.29, 1.82) is 0 Å². The Morgan fingerprint density at radius 3 is 2.36 bits per heavy atom. The Bertz CT molecular complexity index is 205. The Morgan fingerprint density at radius 2 is 1.86 bits per heavy atom. The van der Waals surface area contributed by atoms with Crippen molar-refractivity contribution < 1.29 is 9.90 Å². The molecule has 1 aliphatic rings. The van der Waals surface area contributed by atoms with Crippen molar-refractivity contribution >= 4 is 5.97 Å². The summed E-state index contributed by atoms with van der Waals surface area (Å²) in [5.74, 6) is -0.897. The van der Waals surface area contributed by atoms with Crippen molar-refractivity contribution in [2.45, 2.75) is 44.6 Å². The quantitative estimate of drug-likeness (QED) is 0.535. The minimum Gasteiger partial charge on any atom is -0.478 e. The molecule has 14 heavy (non-hydrogen) atoms. The van der Waals surface area contributed by atoms with Crippen LogP contribution in [0.1, 0.15) is 38.5 Å². The molecule has 1 fully saturated rings. The predicted octanol–water partition coefficient (Wildman–Crippen LogP) is 1.94. The average molecular weight is 197 g/mol. The van der Waals surface area contributed by atoms with Crippen LogP contribution >= 0.6 is 0 Å². The van der Waals surface area contributed by atoms with E-state index < -0.39 is 5.97 Å². The third-order valence-electron chi connectivity index (χ3n) is 2.76. The molecule has 0 atom stereocenters. The van der Waals surface area contributed by atoms with E-state index in [4.69, 9.17) is 5.11 Å². The zero-order valence-electron chi connectivity index (χ0n) is 8.59. The van der Waals surface area contributed by atoms with Crippen molar-refractivity contribution in [3.05, 3.63) is 12.2 Å². The van der Waals surface area contributed by atoms with Gasteiger partial charge >= 0.3 is 5.97 Å². The molecule has 3 heteroatoms. The SMILES string of the molecule is C=C(CNC1CCCCCC1)C(=O)O. The van der Waals surface area contributed by atoms with E-state index in [1.54, 1.807) is 0 Å². The van der Waals surface area contributed by atoms with Gasteiger partial charge in [0.1, 0.15) is 0 Å². The standard InChI is InChI=1S/C11H19NO2/c1-9(11(13)14)8-12-10-6-4-2-3-5-7-10/h10,12H,1-8H2,(H,13,14). The van der Waals surface area contributed by atoms with Gasteiger partial charge in [-0.3, -0.25) is 0 Å². The number of aliphatic carboxylic acids is 1. The Balaban J connectivity index is 2.22. The van der Waals surface area contributed by atoms with Gasteiger partial charge in [-0.2, -0.15) is 0 Å². The van der Waals surface area contributed by atoms with Crippen LogP contribution in [-0.2, 0) is 4.79 Å². The van der Waals surface area contributed by atoms with Crippen molar-refractivity contribution in [1.82, 2.24) is 5.32 Å². The summed E-state index contributed by atoms with van der Waals surface area (Å²) in [6, 6.07) is 0.494. The second kappa shape index (κ2) is 5.81. The molecule has 0 spiro atoms. The molecule has 2 N–H and O–H groups in total. The molecule has 0 aromatic heterocycles. The van der Waals surface area contributed by atoms with Gasteiger partial charge in [0.15, 0.2) is 0 Å². The number of rotatable bonds is 4. The van der Waals surface area contributed by atoms with Crippen LogP contribution in [0.4, 0.5) is 0 Å². The number of carboxylic acid groups (broad SMARTS) is 1. The van der Waals surface area contributed by atoms with Gasteiger partial charge < -0.3 is 10.4 Å². The maximum atomic E-state index is 10.5. The van der Waals surface area contributed by atoms with Crippen LogP contribution in [0, 0.1) is 0 Å². The molecule has 0 bridgehead atoms. The fourth-order valence-electron chi connectivity index (χ4n) is 1.83. The Morgan fingerprint density at radius 1 is 1.29 bits per heavy atom. The third kappa shape index (κ3) is 3.92. The highest BCUT2D eigenvalue weighted by Crippen LogP contribution is 2.17. The lowest BCUT2D eigenvalue weighted by Gasteiger charge is -2.15. The van der Waals surface area contributed by atoms with Crippen LogP contribution in [0.15, 0.2) is 12.2 Å². The fraction of sp³-hybridized carbons (Fsp3) is 0.727. The van der Waals surface area contributed by atoms with Gasteiger partial charge in [0.05, 0.1) is 0 Å². The lowest BCUT2D eigenvalue weighted by molar-refractivity contribution is -0.132. The first kappa shape index (κ1) is 11.2. The first-order valence-electron chi connectivity index (χ1n) is 5.34. The molecule has 0 saturated heterocycles. The van der Waals surface area contributed by atoms with Gasteiger partial charge in [0.25, 0.3) is 0 Å². The van der Waals surface area contributed by atoms with Gasteiger partial charge in [0.2, 0.25) is 0 Å². The largest absolute Gasteiger partial charge is 0.478 e. The van der Waals surface area contributed by atoms with E-state index in [0.717, 1.165) is 0 Å². The Hall–Kier alpha value is -0.830. The summed E-state index contributed by atoms with van der Waals surface area (Å²) in [7, 11) is 0. The van der Waals surface area contributed by atoms with Gasteiger partial charge in [-0.15, -0.1) is 0 Å². The number of carbonyl (C=O) groups is 1. The van der Waals surface area contributed by atoms with E-state index in [1.165, 1.54) is 38.5 Å². The first-order valence-corrected chi connectivity index (χ1v) is 5.34. The molecule has 80 valence electrons. The lowest BCUT2D eigenvalue weighted by Crippen LogP contribution is -2.31. The van der Waals surface area contributed by atoms with E-state index in [-0.39, 0.29) is 5.57 Å². The smallest absolute Gasteiger partial charge is 0.332 e. The molecule has 0 aromatic rings. The monoisotopic (exact) mass is 197 g/mol. The molecule has 0 amide bonds. The van der Waals surface area contributed by atoms with Gasteiger partial charge in [0, 0.05) is 18.2 Å². The topological polar surface area (TPSA) is 49.3 Å². The minimum absolute atomic E-state index is 0.259. The van der Waals surface area contributed by atoms with E-state index in [9.17, 15) is 4.79 Å². The summed E-state index contributed by atoms with van der Waals surface area (Å²) in [6.07, 6.45) is 7.50. The molecular formula is C11H19NO2. The van der Waals surface area contributed by atoms with E-state index >= 15 is 0 Å². The van der Waals surface area contributed by atoms with Crippen LogP contribution < -0.4 is 5.32 Å². The molecule has 0 aliphatic heterocycles. The normalized spacial score (nSPS) is 18.9. The highest BCUT2D eigenvalue weighted by atomic mass is 16.4. The summed E-state index contributed by atoms with van der Waals surface area (Å²) in [5, 5.41) is 11.9. The van der Waals surface area contributed by atoms with Crippen molar-refractivity contribution in [2.24, 2.45) is 0 Å². The second-order valence-corrected chi connectivity index (χ2v) is 3.98. The fourth-order valence-corrected chi connectivity index (χ4v) is 1.83. The predicted molar refractivity (Wildman–Crippen MR) is 56.3 cm³/mol. The van der Waals surface area contributed by atoms with Crippen LogP contribution in [0.25, 0.3) is 0 Å². The van der Waals surface area contributed by atoms with Crippen LogP contribution in [0.3, 0.4) is 0 Å². The molecule has 0 unspecified atom stereocenters. The number of hydrogen-bond acceptors (Lipinski definition) is 2. The van der Waals surface area contributed by atoms with Crippen LogP contribution in [-0.4, -0.2) is 23.7 Å². The molecule has 0 radical (unpaired) electrons. The van der Waals surface area contributed by atoms with Crippen molar-refractivity contribution in [3.8, 4) is 0 Å². The summed E-state index contributed by atoms with van der Waals surface area (Å²) in [4.78, 5) is 10.5. The molecular weight excluding hydrogens is 178 g/mol. The molecule has 0 heterocycles. The van der Waals surface area contributed by atoms with Gasteiger partial charge in [-0.25, -0.2) is 4.79 Å². The zero-order chi connectivity index (χ0) is 10.4. The number of hydrogen-bond donors (Lipinski definition) is 2. The Labute approximate surface area is 85.2 Å². The third-order valence-corrected chi connectivity index (χ3v) is 2.76. The highest BCUT2D eigenvalue weighted by molar-refractivity contribution is 5.86. The summed E-state index contributed by atoms with van der Waals surface area (Å²) in [5.41, 5.74) is 0.259. The molecule has 0 aromatic carbocycles. The van der Waals surface area contributed by atoms with Crippen LogP contribution in [0.2, 0.25) is 0 Å². The lowest BCUT2D eigenvalue weighted by atomic mass is 10.1. The minimum atomic E-state index is -0.897. The highest BCUT2D eigenvalue weighted by Gasteiger charge is 2.12. The van der Waals surface area contributed by atoms with Crippen molar-refractivity contribution in [2.75, 3.05) is 6.54 Å². The second-order valence-electron chi connectivity index (χ2n) is 3.98.